The van der Waals surface area contributed by atoms with Gasteiger partial charge in [0.25, 0.3) is 5.91 Å². The third-order valence-electron chi connectivity index (χ3n) is 5.31. The SMILES string of the molecule is COc1ccc(C(=O)N2CCn3cccc3C2c2ccc(Cl)c(Cl)c2)cc1C(F)(F)F. The molecule has 0 saturated carbocycles. The molecule has 0 N–H and O–H groups in total. The van der Waals surface area contributed by atoms with Crippen LogP contribution in [0.1, 0.15) is 33.2 Å². The Hall–Kier alpha value is -2.64. The van der Waals surface area contributed by atoms with E-state index >= 15 is 0 Å². The Kier molecular flexibility index (Phi) is 5.66. The molecule has 1 aliphatic heterocycles. The van der Waals surface area contributed by atoms with Crippen LogP contribution in [-0.4, -0.2) is 29.0 Å². The molecule has 1 unspecified atom stereocenters. The van der Waals surface area contributed by atoms with Gasteiger partial charge in [-0.15, -0.1) is 0 Å². The second-order valence-electron chi connectivity index (χ2n) is 7.11. The number of alkyl halides is 3. The molecule has 0 fully saturated rings. The molecule has 3 aromatic rings. The second-order valence-corrected chi connectivity index (χ2v) is 7.93. The van der Waals surface area contributed by atoms with Gasteiger partial charge in [0.1, 0.15) is 5.75 Å². The fourth-order valence-corrected chi connectivity index (χ4v) is 4.17. The van der Waals surface area contributed by atoms with Crippen LogP contribution in [0.3, 0.4) is 0 Å². The van der Waals surface area contributed by atoms with Crippen molar-refractivity contribution in [2.75, 3.05) is 13.7 Å². The standard InChI is InChI=1S/C22H17Cl2F3N2O2/c1-31-19-7-5-14(11-15(19)22(25,26)27)21(30)29-10-9-28-8-2-3-18(28)20(29)13-4-6-16(23)17(24)12-13/h2-8,11-12,20H,9-10H2,1H3. The summed E-state index contributed by atoms with van der Waals surface area (Å²) in [5.41, 5.74) is 0.486. The van der Waals surface area contributed by atoms with E-state index in [0.29, 0.717) is 28.7 Å². The fraction of sp³-hybridized carbons (Fsp3) is 0.227. The lowest BCUT2D eigenvalue weighted by molar-refractivity contribution is -0.138. The molecular weight excluding hydrogens is 452 g/mol. The van der Waals surface area contributed by atoms with Gasteiger partial charge in [0.05, 0.1) is 28.8 Å². The Morgan fingerprint density at radius 1 is 1.06 bits per heavy atom. The minimum Gasteiger partial charge on any atom is -0.496 e. The third-order valence-corrected chi connectivity index (χ3v) is 6.05. The topological polar surface area (TPSA) is 34.5 Å². The number of rotatable bonds is 3. The number of ether oxygens (including phenoxy) is 1. The van der Waals surface area contributed by atoms with E-state index in [-0.39, 0.29) is 11.3 Å². The van der Waals surface area contributed by atoms with Crippen LogP contribution in [-0.2, 0) is 12.7 Å². The first kappa shape index (κ1) is 21.6. The smallest absolute Gasteiger partial charge is 0.419 e. The van der Waals surface area contributed by atoms with Crippen molar-refractivity contribution in [2.24, 2.45) is 0 Å². The summed E-state index contributed by atoms with van der Waals surface area (Å²) in [6.45, 7) is 0.840. The van der Waals surface area contributed by atoms with E-state index in [1.54, 1.807) is 23.1 Å². The number of methoxy groups -OCH3 is 1. The number of hydrogen-bond acceptors (Lipinski definition) is 2. The summed E-state index contributed by atoms with van der Waals surface area (Å²) in [6.07, 6.45) is -2.75. The quantitative estimate of drug-likeness (QED) is 0.467. The lowest BCUT2D eigenvalue weighted by Crippen LogP contribution is -2.42. The first-order chi connectivity index (χ1) is 14.7. The first-order valence-corrected chi connectivity index (χ1v) is 10.1. The van der Waals surface area contributed by atoms with Crippen LogP contribution in [0, 0.1) is 0 Å². The summed E-state index contributed by atoms with van der Waals surface area (Å²) in [5.74, 6) is -0.853. The predicted molar refractivity (Wildman–Crippen MR) is 112 cm³/mol. The maximum absolute atomic E-state index is 13.5. The molecule has 2 heterocycles. The fourth-order valence-electron chi connectivity index (χ4n) is 3.86. The van der Waals surface area contributed by atoms with Crippen molar-refractivity contribution in [3.05, 3.63) is 87.2 Å². The molecule has 1 aromatic heterocycles. The highest BCUT2D eigenvalue weighted by Crippen LogP contribution is 2.39. The number of benzene rings is 2. The van der Waals surface area contributed by atoms with Gasteiger partial charge < -0.3 is 14.2 Å². The van der Waals surface area contributed by atoms with Crippen LogP contribution >= 0.6 is 23.2 Å². The van der Waals surface area contributed by atoms with Gasteiger partial charge in [-0.3, -0.25) is 4.79 Å². The molecule has 1 aliphatic rings. The van der Waals surface area contributed by atoms with Crippen molar-refractivity contribution in [2.45, 2.75) is 18.8 Å². The minimum absolute atomic E-state index is 0.0711. The molecule has 0 saturated heterocycles. The molecular formula is C22H17Cl2F3N2O2. The first-order valence-electron chi connectivity index (χ1n) is 9.37. The maximum Gasteiger partial charge on any atom is 0.419 e. The highest BCUT2D eigenvalue weighted by Gasteiger charge is 2.37. The van der Waals surface area contributed by atoms with Crippen LogP contribution in [0.2, 0.25) is 10.0 Å². The van der Waals surface area contributed by atoms with E-state index < -0.39 is 23.7 Å². The largest absolute Gasteiger partial charge is 0.496 e. The zero-order chi connectivity index (χ0) is 22.3. The zero-order valence-corrected chi connectivity index (χ0v) is 17.8. The van der Waals surface area contributed by atoms with E-state index in [0.717, 1.165) is 24.9 Å². The number of nitrogens with zero attached hydrogens (tertiary/aromatic N) is 2. The van der Waals surface area contributed by atoms with Crippen molar-refractivity contribution in [3.8, 4) is 5.75 Å². The van der Waals surface area contributed by atoms with Gasteiger partial charge in [-0.1, -0.05) is 29.3 Å². The molecule has 0 bridgehead atoms. The van der Waals surface area contributed by atoms with Gasteiger partial charge in [0.2, 0.25) is 0 Å². The van der Waals surface area contributed by atoms with Gasteiger partial charge in [-0.25, -0.2) is 0 Å². The number of amides is 1. The minimum atomic E-state index is -4.65. The lowest BCUT2D eigenvalue weighted by atomic mass is 9.98. The molecule has 4 nitrogen and oxygen atoms in total. The summed E-state index contributed by atoms with van der Waals surface area (Å²) >= 11 is 12.2. The van der Waals surface area contributed by atoms with Gasteiger partial charge in [0.15, 0.2) is 0 Å². The molecule has 0 spiro atoms. The lowest BCUT2D eigenvalue weighted by Gasteiger charge is -2.37. The summed E-state index contributed by atoms with van der Waals surface area (Å²) in [6, 6.07) is 11.6. The number of fused-ring (bicyclic) bond motifs is 1. The Morgan fingerprint density at radius 2 is 1.84 bits per heavy atom. The average molecular weight is 469 g/mol. The number of hydrogen-bond donors (Lipinski definition) is 0. The van der Waals surface area contributed by atoms with Gasteiger partial charge >= 0.3 is 6.18 Å². The van der Waals surface area contributed by atoms with E-state index in [1.807, 2.05) is 22.9 Å². The predicted octanol–water partition coefficient (Wildman–Crippen LogP) is 6.07. The highest BCUT2D eigenvalue weighted by molar-refractivity contribution is 6.42. The van der Waals surface area contributed by atoms with Crippen LogP contribution in [0.25, 0.3) is 0 Å². The molecule has 0 radical (unpaired) electrons. The molecule has 1 atom stereocenters. The van der Waals surface area contributed by atoms with E-state index in [9.17, 15) is 18.0 Å². The van der Waals surface area contributed by atoms with Crippen molar-refractivity contribution >= 4 is 29.1 Å². The van der Waals surface area contributed by atoms with Crippen molar-refractivity contribution in [3.63, 3.8) is 0 Å². The molecule has 0 aliphatic carbocycles. The Bertz CT molecular complexity index is 1140. The number of aromatic nitrogens is 1. The molecule has 2 aromatic carbocycles. The summed E-state index contributed by atoms with van der Waals surface area (Å²) in [7, 11) is 1.16. The van der Waals surface area contributed by atoms with Crippen molar-refractivity contribution in [1.82, 2.24) is 9.47 Å². The molecule has 1 amide bonds. The summed E-state index contributed by atoms with van der Waals surface area (Å²) in [5, 5.41) is 0.707. The maximum atomic E-state index is 13.5. The summed E-state index contributed by atoms with van der Waals surface area (Å²) < 4.78 is 47.2. The Morgan fingerprint density at radius 3 is 2.52 bits per heavy atom. The molecule has 162 valence electrons. The highest BCUT2D eigenvalue weighted by atomic mass is 35.5. The third kappa shape index (κ3) is 4.00. The van der Waals surface area contributed by atoms with E-state index in [2.05, 4.69) is 0 Å². The van der Waals surface area contributed by atoms with Gasteiger partial charge in [0, 0.05) is 30.5 Å². The van der Waals surface area contributed by atoms with E-state index in [1.165, 1.54) is 6.07 Å². The Labute approximate surface area is 186 Å². The van der Waals surface area contributed by atoms with Crippen LogP contribution in [0.4, 0.5) is 13.2 Å². The second kappa shape index (κ2) is 8.13. The van der Waals surface area contributed by atoms with Crippen molar-refractivity contribution in [1.29, 1.82) is 0 Å². The normalized spacial score (nSPS) is 16.2. The number of carbonyl (C=O) groups is 1. The van der Waals surface area contributed by atoms with Gasteiger partial charge in [-0.2, -0.15) is 13.2 Å². The van der Waals surface area contributed by atoms with Crippen LogP contribution in [0.5, 0.6) is 5.75 Å². The van der Waals surface area contributed by atoms with Gasteiger partial charge in [-0.05, 0) is 48.0 Å². The van der Waals surface area contributed by atoms with E-state index in [4.69, 9.17) is 27.9 Å². The number of carbonyl (C=O) groups excluding carboxylic acids is 1. The molecule has 31 heavy (non-hydrogen) atoms. The van der Waals surface area contributed by atoms with Crippen LogP contribution in [0.15, 0.2) is 54.7 Å². The van der Waals surface area contributed by atoms with Crippen LogP contribution < -0.4 is 4.74 Å². The monoisotopic (exact) mass is 468 g/mol. The van der Waals surface area contributed by atoms with Crippen molar-refractivity contribution < 1.29 is 22.7 Å². The zero-order valence-electron chi connectivity index (χ0n) is 16.3. The molecule has 4 rings (SSSR count). The Balaban J connectivity index is 1.79. The molecule has 9 heteroatoms. The summed E-state index contributed by atoms with van der Waals surface area (Å²) in [4.78, 5) is 14.9. The average Bonchev–Trinajstić information content (AvgIpc) is 3.22. The number of halogens is 5.